The minimum atomic E-state index is -0.163. The fourth-order valence-electron chi connectivity index (χ4n) is 2.13. The minimum Gasteiger partial charge on any atom is -0.303 e. The fraction of sp³-hybridized carbons (Fsp3) is 1.00. The molecule has 1 heterocycles. The second-order valence-electron chi connectivity index (χ2n) is 4.47. The van der Waals surface area contributed by atoms with E-state index < -0.39 is 0 Å². The maximum atomic E-state index is 11.9. The molecule has 1 aliphatic heterocycles. The van der Waals surface area contributed by atoms with Gasteiger partial charge in [0.15, 0.2) is 0 Å². The van der Waals surface area contributed by atoms with E-state index in [9.17, 15) is 4.39 Å². The first kappa shape index (κ1) is 11.0. The van der Waals surface area contributed by atoms with Crippen molar-refractivity contribution in [1.29, 1.82) is 0 Å². The molecule has 0 amide bonds. The van der Waals surface area contributed by atoms with E-state index in [-0.39, 0.29) is 6.67 Å². The number of hydrogen-bond acceptors (Lipinski definition) is 1. The molecule has 0 aromatic carbocycles. The van der Waals surface area contributed by atoms with Crippen LogP contribution in [0.2, 0.25) is 0 Å². The summed E-state index contributed by atoms with van der Waals surface area (Å²) in [6.45, 7) is 7.78. The number of alkyl halides is 1. The lowest BCUT2D eigenvalue weighted by atomic mass is 9.87. The van der Waals surface area contributed by atoms with Crippen LogP contribution in [-0.4, -0.2) is 31.2 Å². The third-order valence-electron chi connectivity index (χ3n) is 3.18. The first-order valence-corrected chi connectivity index (χ1v) is 5.52. The number of halogens is 1. The standard InChI is InChI=1S/C11H22FN/c1-10(2)11-4-8-13(9-5-11)7-3-6-12/h10-11H,3-9H2,1-2H3. The van der Waals surface area contributed by atoms with Crippen molar-refractivity contribution in [2.75, 3.05) is 26.3 Å². The van der Waals surface area contributed by atoms with Gasteiger partial charge in [0.25, 0.3) is 0 Å². The van der Waals surface area contributed by atoms with Crippen LogP contribution in [0.1, 0.15) is 33.1 Å². The van der Waals surface area contributed by atoms with E-state index in [4.69, 9.17) is 0 Å². The minimum absolute atomic E-state index is 0.163. The van der Waals surface area contributed by atoms with Crippen LogP contribution in [0.4, 0.5) is 4.39 Å². The largest absolute Gasteiger partial charge is 0.303 e. The van der Waals surface area contributed by atoms with Crippen LogP contribution in [0.25, 0.3) is 0 Å². The van der Waals surface area contributed by atoms with Gasteiger partial charge in [0.1, 0.15) is 0 Å². The lowest BCUT2D eigenvalue weighted by molar-refractivity contribution is 0.153. The summed E-state index contributed by atoms with van der Waals surface area (Å²) in [4.78, 5) is 2.40. The number of piperidine rings is 1. The maximum Gasteiger partial charge on any atom is 0.0906 e. The molecular formula is C11H22FN. The van der Waals surface area contributed by atoms with Crippen LogP contribution in [0.5, 0.6) is 0 Å². The van der Waals surface area contributed by atoms with Gasteiger partial charge in [-0.05, 0) is 44.2 Å². The molecule has 0 spiro atoms. The average Bonchev–Trinajstić information content (AvgIpc) is 2.15. The van der Waals surface area contributed by atoms with Crippen LogP contribution in [0.3, 0.4) is 0 Å². The molecule has 0 unspecified atom stereocenters. The van der Waals surface area contributed by atoms with Crippen molar-refractivity contribution in [3.63, 3.8) is 0 Å². The number of hydrogen-bond donors (Lipinski definition) is 0. The Morgan fingerprint density at radius 2 is 1.92 bits per heavy atom. The SMILES string of the molecule is CC(C)C1CCN(CCCF)CC1. The molecule has 1 saturated heterocycles. The van der Waals surface area contributed by atoms with Gasteiger partial charge in [0.2, 0.25) is 0 Å². The Morgan fingerprint density at radius 1 is 1.31 bits per heavy atom. The third kappa shape index (κ3) is 3.63. The molecule has 0 aliphatic carbocycles. The average molecular weight is 187 g/mol. The maximum absolute atomic E-state index is 11.9. The van der Waals surface area contributed by atoms with E-state index in [0.717, 1.165) is 18.4 Å². The van der Waals surface area contributed by atoms with Crippen LogP contribution in [-0.2, 0) is 0 Å². The molecule has 0 radical (unpaired) electrons. The predicted molar refractivity (Wildman–Crippen MR) is 54.6 cm³/mol. The predicted octanol–water partition coefficient (Wildman–Crippen LogP) is 2.71. The van der Waals surface area contributed by atoms with E-state index in [1.807, 2.05) is 0 Å². The van der Waals surface area contributed by atoms with E-state index in [1.54, 1.807) is 0 Å². The van der Waals surface area contributed by atoms with Crippen LogP contribution in [0, 0.1) is 11.8 Å². The zero-order valence-corrected chi connectivity index (χ0v) is 8.93. The molecular weight excluding hydrogens is 165 g/mol. The van der Waals surface area contributed by atoms with Crippen molar-refractivity contribution in [3.05, 3.63) is 0 Å². The number of nitrogens with zero attached hydrogens (tertiary/aromatic N) is 1. The van der Waals surface area contributed by atoms with E-state index in [1.165, 1.54) is 25.9 Å². The molecule has 1 aliphatic rings. The Labute approximate surface area is 81.3 Å². The topological polar surface area (TPSA) is 3.24 Å². The molecule has 1 nitrogen and oxygen atoms in total. The molecule has 1 fully saturated rings. The molecule has 0 saturated carbocycles. The van der Waals surface area contributed by atoms with Gasteiger partial charge in [0, 0.05) is 6.54 Å². The summed E-state index contributed by atoms with van der Waals surface area (Å²) in [7, 11) is 0. The zero-order valence-electron chi connectivity index (χ0n) is 8.93. The lowest BCUT2D eigenvalue weighted by Crippen LogP contribution is -2.35. The van der Waals surface area contributed by atoms with E-state index in [2.05, 4.69) is 18.7 Å². The third-order valence-corrected chi connectivity index (χ3v) is 3.18. The highest BCUT2D eigenvalue weighted by Gasteiger charge is 2.20. The smallest absolute Gasteiger partial charge is 0.0906 e. The first-order chi connectivity index (χ1) is 6.24. The Morgan fingerprint density at radius 3 is 2.38 bits per heavy atom. The van der Waals surface area contributed by atoms with Gasteiger partial charge in [-0.3, -0.25) is 4.39 Å². The summed E-state index contributed by atoms with van der Waals surface area (Å²) in [5.41, 5.74) is 0. The summed E-state index contributed by atoms with van der Waals surface area (Å²) in [6, 6.07) is 0. The fourth-order valence-corrected chi connectivity index (χ4v) is 2.13. The van der Waals surface area contributed by atoms with E-state index >= 15 is 0 Å². The van der Waals surface area contributed by atoms with Gasteiger partial charge in [-0.25, -0.2) is 0 Å². The van der Waals surface area contributed by atoms with Gasteiger partial charge in [0.05, 0.1) is 6.67 Å². The molecule has 0 N–H and O–H groups in total. The second-order valence-corrected chi connectivity index (χ2v) is 4.47. The van der Waals surface area contributed by atoms with Gasteiger partial charge >= 0.3 is 0 Å². The molecule has 0 aromatic rings. The van der Waals surface area contributed by atoms with Crippen molar-refractivity contribution in [2.24, 2.45) is 11.8 Å². The molecule has 2 heteroatoms. The molecule has 0 atom stereocenters. The van der Waals surface area contributed by atoms with Crippen LogP contribution >= 0.6 is 0 Å². The summed E-state index contributed by atoms with van der Waals surface area (Å²) >= 11 is 0. The van der Waals surface area contributed by atoms with Crippen LogP contribution < -0.4 is 0 Å². The highest BCUT2D eigenvalue weighted by atomic mass is 19.1. The Hall–Kier alpha value is -0.110. The van der Waals surface area contributed by atoms with E-state index in [0.29, 0.717) is 6.42 Å². The molecule has 13 heavy (non-hydrogen) atoms. The Kier molecular flexibility index (Phi) is 4.71. The highest BCUT2D eigenvalue weighted by Crippen LogP contribution is 2.24. The second kappa shape index (κ2) is 5.58. The van der Waals surface area contributed by atoms with Crippen molar-refractivity contribution in [3.8, 4) is 0 Å². The van der Waals surface area contributed by atoms with Crippen molar-refractivity contribution < 1.29 is 4.39 Å². The van der Waals surface area contributed by atoms with Crippen molar-refractivity contribution >= 4 is 0 Å². The highest BCUT2D eigenvalue weighted by molar-refractivity contribution is 4.73. The van der Waals surface area contributed by atoms with Crippen LogP contribution in [0.15, 0.2) is 0 Å². The summed E-state index contributed by atoms with van der Waals surface area (Å²) in [5.74, 6) is 1.73. The monoisotopic (exact) mass is 187 g/mol. The molecule has 1 rings (SSSR count). The molecule has 78 valence electrons. The zero-order chi connectivity index (χ0) is 9.68. The summed E-state index contributed by atoms with van der Waals surface area (Å²) < 4.78 is 11.9. The molecule has 0 bridgehead atoms. The summed E-state index contributed by atoms with van der Waals surface area (Å²) in [6.07, 6.45) is 3.33. The van der Waals surface area contributed by atoms with Gasteiger partial charge in [-0.2, -0.15) is 0 Å². The lowest BCUT2D eigenvalue weighted by Gasteiger charge is -2.33. The Bertz CT molecular complexity index is 128. The first-order valence-electron chi connectivity index (χ1n) is 5.52. The molecule has 0 aromatic heterocycles. The number of rotatable bonds is 4. The van der Waals surface area contributed by atoms with Crippen molar-refractivity contribution in [1.82, 2.24) is 4.90 Å². The van der Waals surface area contributed by atoms with Crippen molar-refractivity contribution in [2.45, 2.75) is 33.1 Å². The number of likely N-dealkylation sites (tertiary alicyclic amines) is 1. The summed E-state index contributed by atoms with van der Waals surface area (Å²) in [5, 5.41) is 0. The quantitative estimate of drug-likeness (QED) is 0.654. The Balaban J connectivity index is 2.15. The van der Waals surface area contributed by atoms with Gasteiger partial charge < -0.3 is 4.90 Å². The van der Waals surface area contributed by atoms with Gasteiger partial charge in [-0.15, -0.1) is 0 Å². The normalized spacial score (nSPS) is 21.2. The van der Waals surface area contributed by atoms with Gasteiger partial charge in [-0.1, -0.05) is 13.8 Å².